The van der Waals surface area contributed by atoms with Crippen molar-refractivity contribution in [2.75, 3.05) is 0 Å². The summed E-state index contributed by atoms with van der Waals surface area (Å²) in [7, 11) is 0. The van der Waals surface area contributed by atoms with E-state index in [-0.39, 0.29) is 34.7 Å². The summed E-state index contributed by atoms with van der Waals surface area (Å²) in [5, 5.41) is 0. The third-order valence-electron chi connectivity index (χ3n) is 1.25. The molecule has 8 heavy (non-hydrogen) atoms. The quantitative estimate of drug-likeness (QED) is 0.499. The Morgan fingerprint density at radius 1 is 0.500 bits per heavy atom. The molecule has 1 unspecified atom stereocenters. The largest absolute Gasteiger partial charge is 0.153 e. The average Bonchev–Trinajstić information content (AvgIpc) is 1.76. The van der Waals surface area contributed by atoms with Gasteiger partial charge in [0.1, 0.15) is 0 Å². The van der Waals surface area contributed by atoms with Crippen LogP contribution in [0.15, 0.2) is 0 Å². The third-order valence-corrected chi connectivity index (χ3v) is 1.25. The molecule has 1 saturated carbocycles. The monoisotopic (exact) mass is 176 g/mol. The van der Waals surface area contributed by atoms with Crippen LogP contribution in [0.2, 0.25) is 0 Å². The molecule has 3 heteroatoms. The van der Waals surface area contributed by atoms with E-state index in [2.05, 4.69) is 0 Å². The van der Waals surface area contributed by atoms with Gasteiger partial charge in [-0.25, -0.2) is 0 Å². The van der Waals surface area contributed by atoms with Crippen LogP contribution in [0.4, 0.5) is 0 Å². The Kier molecular flexibility index (Phi) is 21.8. The average molecular weight is 177 g/mol. The van der Waals surface area contributed by atoms with Crippen molar-refractivity contribution in [1.29, 1.82) is 0 Å². The van der Waals surface area contributed by atoms with Gasteiger partial charge in [0.25, 0.3) is 0 Å². The Bertz CT molecular complexity index is 22.0. The highest BCUT2D eigenvalue weighted by Gasteiger charge is 1.95. The van der Waals surface area contributed by atoms with Crippen molar-refractivity contribution in [2.45, 2.75) is 32.1 Å². The fourth-order valence-corrected chi connectivity index (χ4v) is 0.884. The molecule has 0 aromatic rings. The van der Waals surface area contributed by atoms with Crippen molar-refractivity contribution in [1.82, 2.24) is 0 Å². The predicted octanol–water partition coefficient (Wildman–Crippen LogP) is 2.85. The third kappa shape index (κ3) is 7.01. The molecule has 0 bridgehead atoms. The number of halogens is 2. The minimum atomic E-state index is 0. The summed E-state index contributed by atoms with van der Waals surface area (Å²) >= 11 is 0. The van der Waals surface area contributed by atoms with Crippen molar-refractivity contribution in [3.05, 3.63) is 0 Å². The molecule has 0 saturated heterocycles. The topological polar surface area (TPSA) is 0 Å². The molecule has 1 rings (SSSR count). The van der Waals surface area contributed by atoms with Crippen LogP contribution >= 0.6 is 34.7 Å². The molecule has 0 aliphatic heterocycles. The highest BCUT2D eigenvalue weighted by atomic mass is 35.5. The van der Waals surface area contributed by atoms with Crippen LogP contribution in [0.3, 0.4) is 0 Å². The molecule has 1 aliphatic carbocycles. The SMILES string of the molecule is C1CCCC1.Cl.Cl.P. The van der Waals surface area contributed by atoms with Crippen LogP contribution in [-0.4, -0.2) is 0 Å². The lowest BCUT2D eigenvalue weighted by Gasteiger charge is -1.67. The maximum atomic E-state index is 1.50. The van der Waals surface area contributed by atoms with Gasteiger partial charge >= 0.3 is 0 Å². The van der Waals surface area contributed by atoms with Gasteiger partial charge in [0.2, 0.25) is 0 Å². The minimum Gasteiger partial charge on any atom is -0.153 e. The molecule has 0 N–H and O–H groups in total. The molecule has 1 aliphatic rings. The summed E-state index contributed by atoms with van der Waals surface area (Å²) in [4.78, 5) is 0. The van der Waals surface area contributed by atoms with Crippen LogP contribution in [0.25, 0.3) is 0 Å². The van der Waals surface area contributed by atoms with Crippen LogP contribution in [-0.2, 0) is 0 Å². The zero-order valence-electron chi connectivity index (χ0n) is 5.06. The molecule has 0 aromatic carbocycles. The molecule has 0 amide bonds. The number of hydrogen-bond acceptors (Lipinski definition) is 0. The second-order valence-corrected chi connectivity index (χ2v) is 1.77. The highest BCUT2D eigenvalue weighted by Crippen LogP contribution is 2.15. The maximum absolute atomic E-state index is 1.50. The first kappa shape index (κ1) is 16.0. The molecule has 1 atom stereocenters. The van der Waals surface area contributed by atoms with E-state index < -0.39 is 0 Å². The lowest BCUT2D eigenvalue weighted by atomic mass is 10.4. The normalized spacial score (nSPS) is 15.0. The molecule has 0 spiro atoms. The van der Waals surface area contributed by atoms with Crippen molar-refractivity contribution in [2.24, 2.45) is 0 Å². The molecule has 0 nitrogen and oxygen atoms in total. The van der Waals surface area contributed by atoms with Gasteiger partial charge < -0.3 is 0 Å². The first-order valence-electron chi connectivity index (χ1n) is 2.50. The Labute approximate surface area is 67.3 Å². The van der Waals surface area contributed by atoms with E-state index in [0.717, 1.165) is 0 Å². The first-order chi connectivity index (χ1) is 2.50. The van der Waals surface area contributed by atoms with Crippen LogP contribution in [0.1, 0.15) is 32.1 Å². The van der Waals surface area contributed by atoms with Crippen LogP contribution in [0, 0.1) is 0 Å². The van der Waals surface area contributed by atoms with Gasteiger partial charge in [-0.05, 0) is 0 Å². The van der Waals surface area contributed by atoms with E-state index in [1.54, 1.807) is 0 Å². The summed E-state index contributed by atoms with van der Waals surface area (Å²) in [5.41, 5.74) is 0. The van der Waals surface area contributed by atoms with Gasteiger partial charge in [0, 0.05) is 0 Å². The first-order valence-corrected chi connectivity index (χ1v) is 2.50. The van der Waals surface area contributed by atoms with E-state index in [9.17, 15) is 0 Å². The summed E-state index contributed by atoms with van der Waals surface area (Å²) in [6.45, 7) is 0. The van der Waals surface area contributed by atoms with Crippen LogP contribution < -0.4 is 0 Å². The minimum absolute atomic E-state index is 0. The molecule has 54 valence electrons. The standard InChI is InChI=1S/C5H10.2ClH.H3P/c1-2-4-5-3-1;;;/h1-5H2;2*1H;1H3. The van der Waals surface area contributed by atoms with Gasteiger partial charge in [-0.15, -0.1) is 24.8 Å². The Balaban J connectivity index is -0.0000000833. The van der Waals surface area contributed by atoms with Crippen LogP contribution in [0.5, 0.6) is 0 Å². The summed E-state index contributed by atoms with van der Waals surface area (Å²) < 4.78 is 0. The Morgan fingerprint density at radius 3 is 0.750 bits per heavy atom. The number of rotatable bonds is 0. The fourth-order valence-electron chi connectivity index (χ4n) is 0.884. The van der Waals surface area contributed by atoms with E-state index in [0.29, 0.717) is 0 Å². The van der Waals surface area contributed by atoms with Gasteiger partial charge in [0.15, 0.2) is 0 Å². The van der Waals surface area contributed by atoms with Gasteiger partial charge in [-0.2, -0.15) is 9.90 Å². The molecule has 1 fully saturated rings. The smallest absolute Gasteiger partial charge is 0.0533 e. The molecular formula is C5H15Cl2P. The highest BCUT2D eigenvalue weighted by molar-refractivity contribution is 6.92. The summed E-state index contributed by atoms with van der Waals surface area (Å²) in [6.07, 6.45) is 7.50. The maximum Gasteiger partial charge on any atom is -0.0533 e. The molecular weight excluding hydrogens is 162 g/mol. The van der Waals surface area contributed by atoms with E-state index >= 15 is 0 Å². The number of hydrogen-bond donors (Lipinski definition) is 0. The van der Waals surface area contributed by atoms with E-state index in [4.69, 9.17) is 0 Å². The van der Waals surface area contributed by atoms with Gasteiger partial charge in [0.05, 0.1) is 0 Å². The Hall–Kier alpha value is 1.01. The second-order valence-electron chi connectivity index (χ2n) is 1.77. The lowest BCUT2D eigenvalue weighted by Crippen LogP contribution is -1.47. The van der Waals surface area contributed by atoms with Crippen molar-refractivity contribution in [3.63, 3.8) is 0 Å². The van der Waals surface area contributed by atoms with Gasteiger partial charge in [-0.1, -0.05) is 32.1 Å². The zero-order chi connectivity index (χ0) is 3.54. The predicted molar refractivity (Wildman–Crippen MR) is 48.7 cm³/mol. The van der Waals surface area contributed by atoms with Crippen molar-refractivity contribution >= 4 is 34.7 Å². The molecule has 0 radical (unpaired) electrons. The van der Waals surface area contributed by atoms with Crippen molar-refractivity contribution < 1.29 is 0 Å². The Morgan fingerprint density at radius 2 is 0.625 bits per heavy atom. The van der Waals surface area contributed by atoms with Crippen molar-refractivity contribution in [3.8, 4) is 0 Å². The van der Waals surface area contributed by atoms with Gasteiger partial charge in [-0.3, -0.25) is 0 Å². The summed E-state index contributed by atoms with van der Waals surface area (Å²) in [5.74, 6) is 0. The second kappa shape index (κ2) is 10.9. The fraction of sp³-hybridized carbons (Fsp3) is 1.00. The molecule has 0 heterocycles. The lowest BCUT2D eigenvalue weighted by molar-refractivity contribution is 0.886. The van der Waals surface area contributed by atoms with E-state index in [1.165, 1.54) is 32.1 Å². The molecule has 0 aromatic heterocycles. The van der Waals surface area contributed by atoms with E-state index in [1.807, 2.05) is 0 Å². The summed E-state index contributed by atoms with van der Waals surface area (Å²) in [6, 6.07) is 0. The zero-order valence-corrected chi connectivity index (χ0v) is 8.11.